The quantitative estimate of drug-likeness (QED) is 0.0437. The topological polar surface area (TPSA) is 150 Å². The van der Waals surface area contributed by atoms with Crippen molar-refractivity contribution in [3.8, 4) is 28.2 Å². The molecule has 0 radical (unpaired) electrons. The maximum atomic E-state index is 14.6. The number of carbonyl (C=O) groups is 3. The van der Waals surface area contributed by atoms with E-state index in [1.807, 2.05) is 0 Å². The third-order valence-electron chi connectivity index (χ3n) is 16.5. The molecule has 370 valence electrons. The van der Waals surface area contributed by atoms with Crippen LogP contribution < -0.4 is 26.7 Å². The van der Waals surface area contributed by atoms with Gasteiger partial charge < -0.3 is 30.8 Å². The smallest absolute Gasteiger partial charge is 0.251 e. The number of aromatic hydroxyl groups is 1. The Morgan fingerprint density at radius 3 is 2.43 bits per heavy atom. The molecule has 3 amide bonds. The van der Waals surface area contributed by atoms with Gasteiger partial charge in [0.1, 0.15) is 11.3 Å². The molecule has 3 fully saturated rings. The van der Waals surface area contributed by atoms with Crippen molar-refractivity contribution in [2.45, 2.75) is 150 Å². The Hall–Kier alpha value is -4.84. The average Bonchev–Trinajstić information content (AvgIpc) is 3.62. The SMILES string of the molecule is Cc1cc(C(=O)NCC(=O)NCCC(=O)NCCCNC2CCC3(C)CC(CCC3CCC3(C)CCCC3[C@H](C)CCCC(C)C)C2)ccc1-c1c2cc(F)c(=O)cc-2oc2cc(O)c(F)cc12. The monoisotopic (exact) mass is 939 g/mol. The number of rotatable bonds is 20. The average molecular weight is 939 g/mol. The van der Waals surface area contributed by atoms with E-state index in [0.29, 0.717) is 40.1 Å². The highest BCUT2D eigenvalue weighted by Crippen LogP contribution is 2.56. The van der Waals surface area contributed by atoms with E-state index in [-0.39, 0.29) is 53.3 Å². The molecule has 2 bridgehead atoms. The number of halogens is 2. The van der Waals surface area contributed by atoms with Crippen molar-refractivity contribution in [3.05, 3.63) is 75.4 Å². The highest BCUT2D eigenvalue weighted by Gasteiger charge is 2.46. The van der Waals surface area contributed by atoms with E-state index in [9.17, 15) is 33.1 Å². The molecule has 2 aromatic carbocycles. The van der Waals surface area contributed by atoms with Crippen molar-refractivity contribution in [2.75, 3.05) is 26.2 Å². The molecular weight excluding hydrogens is 863 g/mol. The van der Waals surface area contributed by atoms with Crippen molar-refractivity contribution in [1.82, 2.24) is 21.3 Å². The van der Waals surface area contributed by atoms with Crippen molar-refractivity contribution in [3.63, 3.8) is 0 Å². The summed E-state index contributed by atoms with van der Waals surface area (Å²) in [6, 6.07) is 9.42. The molecule has 10 nitrogen and oxygen atoms in total. The number of amides is 3. The number of benzene rings is 3. The predicted molar refractivity (Wildman–Crippen MR) is 266 cm³/mol. The molecule has 0 aromatic heterocycles. The Balaban J connectivity index is 0.794. The Morgan fingerprint density at radius 2 is 1.65 bits per heavy atom. The standard InChI is InChI=1S/C56H76F2N4O6/c1-34(2)10-7-11-35(3)44-12-8-20-55(44,5)21-17-39-15-13-37-27-40(18-22-56(39,6)32-37)59-23-9-24-60-51(65)19-25-61-52(66)33-62-54(67)38-14-16-41(36(4)26-38)53-42-28-45(57)47(63)30-49(42)68-50-31-48(64)46(58)29-43(50)53/h14,16,26,28-31,34-35,37,39-40,44,59,63H,7-13,15,17-25,27,32-33H2,1-6H3,(H,60,65)(H,61,66)(H,62,67)/t35-,37?,39?,40?,44?,55?,56?/m1/s1. The van der Waals surface area contributed by atoms with Crippen LogP contribution in [0.15, 0.2) is 51.7 Å². The number of phenolic OH excluding ortho intramolecular Hbond substituents is 1. The summed E-state index contributed by atoms with van der Waals surface area (Å²) in [5, 5.41) is 22.3. The Labute approximate surface area is 401 Å². The van der Waals surface area contributed by atoms with Gasteiger partial charge in [-0.05, 0) is 153 Å². The lowest BCUT2D eigenvalue weighted by Gasteiger charge is -2.46. The number of carbonyl (C=O) groups excluding carboxylic acids is 3. The molecular formula is C56H76F2N4O6. The number of hydrogen-bond donors (Lipinski definition) is 5. The van der Waals surface area contributed by atoms with Crippen LogP contribution >= 0.6 is 0 Å². The normalized spacial score (nSPS) is 24.2. The van der Waals surface area contributed by atoms with Crippen LogP contribution in [0.25, 0.3) is 33.4 Å². The van der Waals surface area contributed by atoms with E-state index in [1.54, 1.807) is 19.1 Å². The summed E-state index contributed by atoms with van der Waals surface area (Å²) < 4.78 is 34.9. The Bertz CT molecular complexity index is 2450. The van der Waals surface area contributed by atoms with Crippen LogP contribution in [0.2, 0.25) is 0 Å². The molecule has 4 aliphatic carbocycles. The van der Waals surface area contributed by atoms with Crippen molar-refractivity contribution in [1.29, 1.82) is 0 Å². The molecule has 6 unspecified atom stereocenters. The van der Waals surface area contributed by atoms with Gasteiger partial charge in [0.2, 0.25) is 17.2 Å². The highest BCUT2D eigenvalue weighted by atomic mass is 19.1. The zero-order valence-electron chi connectivity index (χ0n) is 41.4. The summed E-state index contributed by atoms with van der Waals surface area (Å²) in [6.07, 6.45) is 20.0. The number of hydrogen-bond acceptors (Lipinski definition) is 7. The molecule has 7 atom stereocenters. The molecule has 12 heteroatoms. The van der Waals surface area contributed by atoms with Gasteiger partial charge in [-0.25, -0.2) is 8.78 Å². The second kappa shape index (κ2) is 22.3. The third-order valence-corrected chi connectivity index (χ3v) is 16.5. The Kier molecular flexibility index (Phi) is 16.7. The molecule has 1 aliphatic heterocycles. The zero-order valence-corrected chi connectivity index (χ0v) is 41.4. The lowest BCUT2D eigenvalue weighted by atomic mass is 9.60. The minimum absolute atomic E-state index is 0.0421. The van der Waals surface area contributed by atoms with E-state index in [0.717, 1.165) is 66.8 Å². The first-order valence-electron chi connectivity index (χ1n) is 25.7. The summed E-state index contributed by atoms with van der Waals surface area (Å²) in [5.74, 6) is 0.523. The summed E-state index contributed by atoms with van der Waals surface area (Å²) >= 11 is 0. The Morgan fingerprint density at radius 1 is 0.853 bits per heavy atom. The van der Waals surface area contributed by atoms with Crippen LogP contribution in [-0.4, -0.2) is 55.0 Å². The van der Waals surface area contributed by atoms with Gasteiger partial charge in [-0.15, -0.1) is 0 Å². The highest BCUT2D eigenvalue weighted by molar-refractivity contribution is 6.04. The molecule has 0 spiro atoms. The lowest BCUT2D eigenvalue weighted by molar-refractivity contribution is -0.121. The van der Waals surface area contributed by atoms with Gasteiger partial charge in [-0.1, -0.05) is 72.8 Å². The van der Waals surface area contributed by atoms with Crippen molar-refractivity contribution in [2.24, 2.45) is 40.4 Å². The van der Waals surface area contributed by atoms with Gasteiger partial charge in [0.05, 0.1) is 6.54 Å². The van der Waals surface area contributed by atoms with Crippen molar-refractivity contribution < 1.29 is 32.7 Å². The second-order valence-corrected chi connectivity index (χ2v) is 22.0. The zero-order chi connectivity index (χ0) is 48.8. The maximum Gasteiger partial charge on any atom is 0.251 e. The van der Waals surface area contributed by atoms with Gasteiger partial charge in [0, 0.05) is 59.8 Å². The summed E-state index contributed by atoms with van der Waals surface area (Å²) in [4.78, 5) is 50.4. The molecule has 5 N–H and O–H groups in total. The largest absolute Gasteiger partial charge is 0.505 e. The molecule has 7 rings (SSSR count). The van der Waals surface area contributed by atoms with Gasteiger partial charge in [0.25, 0.3) is 5.91 Å². The number of fused-ring (bicyclic) bond motifs is 4. The molecule has 5 aliphatic rings. The van der Waals surface area contributed by atoms with Crippen LogP contribution in [0.1, 0.15) is 153 Å². The minimum Gasteiger partial charge on any atom is -0.505 e. The van der Waals surface area contributed by atoms with E-state index in [1.165, 1.54) is 96.0 Å². The third kappa shape index (κ3) is 12.3. The maximum absolute atomic E-state index is 14.6. The predicted octanol–water partition coefficient (Wildman–Crippen LogP) is 11.2. The summed E-state index contributed by atoms with van der Waals surface area (Å²) in [6.45, 7) is 15.5. The van der Waals surface area contributed by atoms with Gasteiger partial charge in [-0.2, -0.15) is 0 Å². The number of aryl methyl sites for hydroxylation is 1. The fraction of sp³-hybridized carbons (Fsp3) is 0.607. The molecule has 3 saturated carbocycles. The molecule has 2 aromatic rings. The number of nitrogens with one attached hydrogen (secondary N) is 4. The van der Waals surface area contributed by atoms with Crippen LogP contribution in [0.5, 0.6) is 5.75 Å². The van der Waals surface area contributed by atoms with Crippen LogP contribution in [-0.2, 0) is 9.59 Å². The fourth-order valence-corrected chi connectivity index (χ4v) is 12.6. The molecule has 68 heavy (non-hydrogen) atoms. The minimum atomic E-state index is -1.01. The van der Waals surface area contributed by atoms with E-state index >= 15 is 0 Å². The molecule has 0 saturated heterocycles. The lowest BCUT2D eigenvalue weighted by Crippen LogP contribution is -2.38. The van der Waals surface area contributed by atoms with E-state index in [2.05, 4.69) is 55.9 Å². The fourth-order valence-electron chi connectivity index (χ4n) is 12.6. The van der Waals surface area contributed by atoms with Gasteiger partial charge in [-0.3, -0.25) is 19.2 Å². The van der Waals surface area contributed by atoms with Crippen LogP contribution in [0.4, 0.5) is 8.78 Å². The van der Waals surface area contributed by atoms with Crippen LogP contribution in [0.3, 0.4) is 0 Å². The summed E-state index contributed by atoms with van der Waals surface area (Å²) in [5.41, 5.74) is 2.03. The summed E-state index contributed by atoms with van der Waals surface area (Å²) in [7, 11) is 0. The number of phenols is 1. The first-order valence-corrected chi connectivity index (χ1v) is 25.7. The van der Waals surface area contributed by atoms with E-state index in [4.69, 9.17) is 4.42 Å². The van der Waals surface area contributed by atoms with E-state index < -0.39 is 34.6 Å². The molecule has 1 heterocycles. The van der Waals surface area contributed by atoms with Crippen molar-refractivity contribution >= 4 is 28.7 Å². The van der Waals surface area contributed by atoms with Gasteiger partial charge >= 0.3 is 0 Å². The first kappa shape index (κ1) is 51.0. The first-order chi connectivity index (χ1) is 32.4. The van der Waals surface area contributed by atoms with Gasteiger partial charge in [0.15, 0.2) is 17.4 Å². The second-order valence-electron chi connectivity index (χ2n) is 22.0. The van der Waals surface area contributed by atoms with Crippen LogP contribution in [0, 0.1) is 59.0 Å².